The SMILES string of the molecule is NC(=O)[C@H]1CC[C@H](Nc2ncc(F)c(-c3ccnc(-n4ccccc4=O)c3)n2)CC1. The average Bonchev–Trinajstić information content (AvgIpc) is 2.76. The van der Waals surface area contributed by atoms with Gasteiger partial charge in [0.15, 0.2) is 5.82 Å². The first-order valence-corrected chi connectivity index (χ1v) is 9.74. The van der Waals surface area contributed by atoms with Gasteiger partial charge in [0.05, 0.1) is 6.20 Å². The summed E-state index contributed by atoms with van der Waals surface area (Å²) in [6, 6.07) is 8.11. The molecule has 0 spiro atoms. The molecule has 0 atom stereocenters. The van der Waals surface area contributed by atoms with Crippen molar-refractivity contribution in [2.45, 2.75) is 31.7 Å². The predicted molar refractivity (Wildman–Crippen MR) is 109 cm³/mol. The number of anilines is 1. The molecular formula is C21H21FN6O2. The topological polar surface area (TPSA) is 116 Å². The van der Waals surface area contributed by atoms with Crippen LogP contribution in [0.15, 0.2) is 53.7 Å². The summed E-state index contributed by atoms with van der Waals surface area (Å²) in [7, 11) is 0. The van der Waals surface area contributed by atoms with Crippen LogP contribution < -0.4 is 16.6 Å². The van der Waals surface area contributed by atoms with Crippen LogP contribution in [0.5, 0.6) is 0 Å². The third kappa shape index (κ3) is 4.19. The maximum absolute atomic E-state index is 14.5. The molecule has 1 saturated carbocycles. The summed E-state index contributed by atoms with van der Waals surface area (Å²) in [6.07, 6.45) is 7.17. The Bertz CT molecular complexity index is 1120. The first-order chi connectivity index (χ1) is 14.5. The molecule has 1 fully saturated rings. The number of carbonyl (C=O) groups excluding carboxylic acids is 1. The lowest BCUT2D eigenvalue weighted by Gasteiger charge is -2.27. The molecule has 0 aromatic carbocycles. The molecule has 9 heteroatoms. The number of rotatable bonds is 5. The van der Waals surface area contributed by atoms with E-state index in [1.54, 1.807) is 30.5 Å². The highest BCUT2D eigenvalue weighted by Crippen LogP contribution is 2.27. The van der Waals surface area contributed by atoms with Crippen LogP contribution in [0.1, 0.15) is 25.7 Å². The molecule has 154 valence electrons. The van der Waals surface area contributed by atoms with Crippen molar-refractivity contribution >= 4 is 11.9 Å². The van der Waals surface area contributed by atoms with Crippen LogP contribution in [0.2, 0.25) is 0 Å². The number of hydrogen-bond acceptors (Lipinski definition) is 6. The van der Waals surface area contributed by atoms with Gasteiger partial charge in [-0.3, -0.25) is 14.2 Å². The number of amides is 1. The largest absolute Gasteiger partial charge is 0.369 e. The van der Waals surface area contributed by atoms with Gasteiger partial charge in [-0.1, -0.05) is 6.07 Å². The van der Waals surface area contributed by atoms with Gasteiger partial charge in [-0.15, -0.1) is 0 Å². The Morgan fingerprint density at radius 2 is 1.97 bits per heavy atom. The second-order valence-corrected chi connectivity index (χ2v) is 7.30. The molecule has 4 rings (SSSR count). The summed E-state index contributed by atoms with van der Waals surface area (Å²) in [6.45, 7) is 0. The fourth-order valence-corrected chi connectivity index (χ4v) is 3.66. The summed E-state index contributed by atoms with van der Waals surface area (Å²) >= 11 is 0. The van der Waals surface area contributed by atoms with Gasteiger partial charge in [0.1, 0.15) is 11.5 Å². The summed E-state index contributed by atoms with van der Waals surface area (Å²) in [5, 5.41) is 3.22. The lowest BCUT2D eigenvalue weighted by molar-refractivity contribution is -0.122. The molecule has 0 radical (unpaired) electrons. The van der Waals surface area contributed by atoms with E-state index in [0.717, 1.165) is 19.0 Å². The molecule has 0 aliphatic heterocycles. The second-order valence-electron chi connectivity index (χ2n) is 7.30. The van der Waals surface area contributed by atoms with Gasteiger partial charge in [0, 0.05) is 36.0 Å². The molecule has 0 saturated heterocycles. The molecule has 1 amide bonds. The lowest BCUT2D eigenvalue weighted by atomic mass is 9.86. The van der Waals surface area contributed by atoms with E-state index in [2.05, 4.69) is 20.3 Å². The Labute approximate surface area is 172 Å². The lowest BCUT2D eigenvalue weighted by Crippen LogP contribution is -2.32. The zero-order valence-corrected chi connectivity index (χ0v) is 16.2. The average molecular weight is 408 g/mol. The van der Waals surface area contributed by atoms with Crippen LogP contribution in [-0.2, 0) is 4.79 Å². The Kier molecular flexibility index (Phi) is 5.51. The summed E-state index contributed by atoms with van der Waals surface area (Å²) in [4.78, 5) is 36.0. The number of hydrogen-bond donors (Lipinski definition) is 2. The molecule has 30 heavy (non-hydrogen) atoms. The maximum Gasteiger partial charge on any atom is 0.256 e. The van der Waals surface area contributed by atoms with Crippen molar-refractivity contribution in [1.82, 2.24) is 19.5 Å². The van der Waals surface area contributed by atoms with Crippen LogP contribution in [0, 0.1) is 11.7 Å². The van der Waals surface area contributed by atoms with E-state index in [1.165, 1.54) is 16.8 Å². The van der Waals surface area contributed by atoms with Crippen LogP contribution >= 0.6 is 0 Å². The van der Waals surface area contributed by atoms with Crippen molar-refractivity contribution in [3.05, 3.63) is 65.1 Å². The minimum atomic E-state index is -0.574. The molecule has 1 aliphatic rings. The van der Waals surface area contributed by atoms with E-state index >= 15 is 0 Å². The summed E-state index contributed by atoms with van der Waals surface area (Å²) in [5.41, 5.74) is 5.74. The highest BCUT2D eigenvalue weighted by Gasteiger charge is 2.25. The highest BCUT2D eigenvalue weighted by atomic mass is 19.1. The molecule has 1 aliphatic carbocycles. The van der Waals surface area contributed by atoms with Gasteiger partial charge >= 0.3 is 0 Å². The molecule has 3 aromatic rings. The molecule has 3 aromatic heterocycles. The fourth-order valence-electron chi connectivity index (χ4n) is 3.66. The Morgan fingerprint density at radius 1 is 1.17 bits per heavy atom. The third-order valence-electron chi connectivity index (χ3n) is 5.30. The van der Waals surface area contributed by atoms with Crippen molar-refractivity contribution in [2.75, 3.05) is 5.32 Å². The van der Waals surface area contributed by atoms with Gasteiger partial charge in [-0.2, -0.15) is 0 Å². The number of nitrogens with zero attached hydrogens (tertiary/aromatic N) is 4. The normalized spacial score (nSPS) is 18.7. The van der Waals surface area contributed by atoms with E-state index in [9.17, 15) is 14.0 Å². The zero-order valence-electron chi connectivity index (χ0n) is 16.2. The molecule has 0 bridgehead atoms. The number of halogens is 1. The molecule has 8 nitrogen and oxygen atoms in total. The fraction of sp³-hybridized carbons (Fsp3) is 0.286. The molecule has 0 unspecified atom stereocenters. The first kappa shape index (κ1) is 19.7. The van der Waals surface area contributed by atoms with Crippen LogP contribution in [0.25, 0.3) is 17.1 Å². The van der Waals surface area contributed by atoms with Gasteiger partial charge < -0.3 is 11.1 Å². The standard InChI is InChI=1S/C21H21FN6O2/c22-16-12-25-21(26-15-6-4-13(5-7-15)20(23)30)27-19(16)14-8-9-24-17(11-14)28-10-2-1-3-18(28)29/h1-3,8-13,15H,4-7H2,(H2,23,30)(H,25,26,27)/t13-,15-. The van der Waals surface area contributed by atoms with E-state index in [0.29, 0.717) is 30.2 Å². The predicted octanol–water partition coefficient (Wildman–Crippen LogP) is 2.28. The monoisotopic (exact) mass is 408 g/mol. The highest BCUT2D eigenvalue weighted by molar-refractivity contribution is 5.76. The maximum atomic E-state index is 14.5. The van der Waals surface area contributed by atoms with Crippen molar-refractivity contribution in [3.8, 4) is 17.1 Å². The van der Waals surface area contributed by atoms with Gasteiger partial charge in [0.2, 0.25) is 11.9 Å². The number of primary amides is 1. The minimum Gasteiger partial charge on any atom is -0.369 e. The van der Waals surface area contributed by atoms with Crippen molar-refractivity contribution in [1.29, 1.82) is 0 Å². The number of nitrogens with one attached hydrogen (secondary N) is 1. The van der Waals surface area contributed by atoms with Gasteiger partial charge in [-0.05, 0) is 43.9 Å². The molecule has 3 heterocycles. The van der Waals surface area contributed by atoms with Crippen molar-refractivity contribution in [2.24, 2.45) is 11.7 Å². The number of aromatic nitrogens is 4. The Balaban J connectivity index is 1.57. The summed E-state index contributed by atoms with van der Waals surface area (Å²) in [5.74, 6) is -0.251. The number of nitrogens with two attached hydrogens (primary N) is 1. The minimum absolute atomic E-state index is 0.0924. The first-order valence-electron chi connectivity index (χ1n) is 9.74. The Morgan fingerprint density at radius 3 is 2.70 bits per heavy atom. The number of carbonyl (C=O) groups is 1. The Hall–Kier alpha value is -3.62. The number of pyridine rings is 2. The van der Waals surface area contributed by atoms with E-state index in [4.69, 9.17) is 5.73 Å². The van der Waals surface area contributed by atoms with E-state index in [1.807, 2.05) is 0 Å². The van der Waals surface area contributed by atoms with Crippen molar-refractivity contribution < 1.29 is 9.18 Å². The second kappa shape index (κ2) is 8.40. The van der Waals surface area contributed by atoms with E-state index < -0.39 is 5.82 Å². The molecular weight excluding hydrogens is 387 g/mol. The summed E-state index contributed by atoms with van der Waals surface area (Å²) < 4.78 is 15.9. The third-order valence-corrected chi connectivity index (χ3v) is 5.30. The zero-order chi connectivity index (χ0) is 21.1. The van der Waals surface area contributed by atoms with Crippen molar-refractivity contribution in [3.63, 3.8) is 0 Å². The quantitative estimate of drug-likeness (QED) is 0.669. The van der Waals surface area contributed by atoms with Crippen LogP contribution in [-0.4, -0.2) is 31.5 Å². The smallest absolute Gasteiger partial charge is 0.256 e. The van der Waals surface area contributed by atoms with Gasteiger partial charge in [0.25, 0.3) is 5.56 Å². The van der Waals surface area contributed by atoms with E-state index in [-0.39, 0.29) is 29.1 Å². The van der Waals surface area contributed by atoms with Crippen LogP contribution in [0.4, 0.5) is 10.3 Å². The van der Waals surface area contributed by atoms with Crippen LogP contribution in [0.3, 0.4) is 0 Å². The molecule has 3 N–H and O–H groups in total. The van der Waals surface area contributed by atoms with Gasteiger partial charge in [-0.25, -0.2) is 19.3 Å².